The fourth-order valence-corrected chi connectivity index (χ4v) is 3.47. The number of fused-ring (bicyclic) bond motifs is 1. The fraction of sp³-hybridized carbons (Fsp3) is 0.533. The Bertz CT molecular complexity index is 605. The van der Waals surface area contributed by atoms with Crippen molar-refractivity contribution >= 4 is 17.0 Å². The minimum absolute atomic E-state index is 0.231. The van der Waals surface area contributed by atoms with Gasteiger partial charge in [-0.05, 0) is 49.3 Å². The number of nitrogens with zero attached hydrogens (tertiary/aromatic N) is 2. The van der Waals surface area contributed by atoms with Crippen LogP contribution in [0.2, 0.25) is 0 Å². The maximum Gasteiger partial charge on any atom is 0.201 e. The molecule has 0 bridgehead atoms. The first-order valence-corrected chi connectivity index (χ1v) is 6.99. The summed E-state index contributed by atoms with van der Waals surface area (Å²) in [4.78, 5) is 4.36. The maximum absolute atomic E-state index is 13.5. The van der Waals surface area contributed by atoms with Crippen LogP contribution >= 0.6 is 0 Å². The molecule has 0 spiro atoms. The molecule has 0 amide bonds. The lowest BCUT2D eigenvalue weighted by atomic mass is 9.79. The van der Waals surface area contributed by atoms with E-state index in [-0.39, 0.29) is 5.82 Å². The molecule has 3 unspecified atom stereocenters. The van der Waals surface area contributed by atoms with Gasteiger partial charge in [0.2, 0.25) is 5.95 Å². The molecule has 3 atom stereocenters. The minimum atomic E-state index is -0.231. The molecule has 0 aliphatic heterocycles. The molecule has 0 saturated heterocycles. The SMILES string of the molecule is CC1CCC(n2c(N)nc3ccc(F)cc32)C(C)C1. The van der Waals surface area contributed by atoms with Crippen molar-refractivity contribution in [3.8, 4) is 0 Å². The van der Waals surface area contributed by atoms with Crippen molar-refractivity contribution in [3.05, 3.63) is 24.0 Å². The van der Waals surface area contributed by atoms with E-state index in [1.54, 1.807) is 12.1 Å². The zero-order valence-corrected chi connectivity index (χ0v) is 11.4. The third-order valence-corrected chi connectivity index (χ3v) is 4.40. The normalized spacial score (nSPS) is 27.8. The number of aromatic nitrogens is 2. The molecule has 2 aromatic rings. The number of benzene rings is 1. The van der Waals surface area contributed by atoms with Gasteiger partial charge in [0.25, 0.3) is 0 Å². The van der Waals surface area contributed by atoms with Crippen molar-refractivity contribution in [3.63, 3.8) is 0 Å². The summed E-state index contributed by atoms with van der Waals surface area (Å²) in [6.45, 7) is 4.55. The van der Waals surface area contributed by atoms with E-state index in [9.17, 15) is 4.39 Å². The average Bonchev–Trinajstić information content (AvgIpc) is 2.65. The molecule has 4 heteroatoms. The quantitative estimate of drug-likeness (QED) is 0.849. The van der Waals surface area contributed by atoms with Crippen LogP contribution in [-0.2, 0) is 0 Å². The summed E-state index contributed by atoms with van der Waals surface area (Å²) in [5.74, 6) is 1.59. The van der Waals surface area contributed by atoms with Gasteiger partial charge in [0.05, 0.1) is 11.0 Å². The van der Waals surface area contributed by atoms with E-state index in [1.807, 2.05) is 4.57 Å². The summed E-state index contributed by atoms with van der Waals surface area (Å²) in [6.07, 6.45) is 3.48. The largest absolute Gasteiger partial charge is 0.369 e. The molecular formula is C15H20FN3. The van der Waals surface area contributed by atoms with Crippen LogP contribution in [0.4, 0.5) is 10.3 Å². The van der Waals surface area contributed by atoms with Crippen LogP contribution in [0.3, 0.4) is 0 Å². The van der Waals surface area contributed by atoms with Crippen LogP contribution in [0.5, 0.6) is 0 Å². The van der Waals surface area contributed by atoms with E-state index in [0.29, 0.717) is 17.9 Å². The highest BCUT2D eigenvalue weighted by Gasteiger charge is 2.29. The first-order valence-electron chi connectivity index (χ1n) is 6.99. The Morgan fingerprint density at radius 1 is 1.32 bits per heavy atom. The molecule has 1 aromatic carbocycles. The zero-order chi connectivity index (χ0) is 13.6. The fourth-order valence-electron chi connectivity index (χ4n) is 3.47. The highest BCUT2D eigenvalue weighted by Crippen LogP contribution is 2.39. The Morgan fingerprint density at radius 2 is 2.11 bits per heavy atom. The molecule has 19 heavy (non-hydrogen) atoms. The minimum Gasteiger partial charge on any atom is -0.369 e. The van der Waals surface area contributed by atoms with Crippen molar-refractivity contribution < 1.29 is 4.39 Å². The van der Waals surface area contributed by atoms with Gasteiger partial charge >= 0.3 is 0 Å². The summed E-state index contributed by atoms with van der Waals surface area (Å²) >= 11 is 0. The van der Waals surface area contributed by atoms with Crippen molar-refractivity contribution in [2.75, 3.05) is 5.73 Å². The molecular weight excluding hydrogens is 241 g/mol. The van der Waals surface area contributed by atoms with E-state index in [2.05, 4.69) is 18.8 Å². The smallest absolute Gasteiger partial charge is 0.201 e. The standard InChI is InChI=1S/C15H20FN3/c1-9-3-6-13(10(2)7-9)19-14-8-11(16)4-5-12(14)18-15(19)17/h4-5,8-10,13H,3,6-7H2,1-2H3,(H2,17,18). The molecule has 0 radical (unpaired) electrons. The molecule has 3 rings (SSSR count). The van der Waals surface area contributed by atoms with Gasteiger partial charge in [0, 0.05) is 6.04 Å². The van der Waals surface area contributed by atoms with E-state index < -0.39 is 0 Å². The number of hydrogen-bond acceptors (Lipinski definition) is 2. The molecule has 1 aliphatic carbocycles. The molecule has 102 valence electrons. The maximum atomic E-state index is 13.5. The van der Waals surface area contributed by atoms with Crippen molar-refractivity contribution in [1.29, 1.82) is 0 Å². The van der Waals surface area contributed by atoms with Crippen LogP contribution in [0.15, 0.2) is 18.2 Å². The summed E-state index contributed by atoms with van der Waals surface area (Å²) in [7, 11) is 0. The molecule has 2 N–H and O–H groups in total. The Balaban J connectivity index is 2.09. The second-order valence-corrected chi connectivity index (χ2v) is 5.94. The van der Waals surface area contributed by atoms with E-state index in [0.717, 1.165) is 23.4 Å². The summed E-state index contributed by atoms with van der Waals surface area (Å²) in [5, 5.41) is 0. The van der Waals surface area contributed by atoms with Gasteiger partial charge in [-0.1, -0.05) is 13.8 Å². The van der Waals surface area contributed by atoms with Crippen LogP contribution < -0.4 is 5.73 Å². The number of anilines is 1. The van der Waals surface area contributed by atoms with Gasteiger partial charge in [-0.15, -0.1) is 0 Å². The lowest BCUT2D eigenvalue weighted by molar-refractivity contribution is 0.213. The van der Waals surface area contributed by atoms with Crippen molar-refractivity contribution in [2.24, 2.45) is 11.8 Å². The highest BCUT2D eigenvalue weighted by atomic mass is 19.1. The lowest BCUT2D eigenvalue weighted by Gasteiger charge is -2.34. The zero-order valence-electron chi connectivity index (χ0n) is 11.4. The van der Waals surface area contributed by atoms with E-state index >= 15 is 0 Å². The average molecular weight is 261 g/mol. The van der Waals surface area contributed by atoms with Crippen LogP contribution in [0.25, 0.3) is 11.0 Å². The summed E-state index contributed by atoms with van der Waals surface area (Å²) < 4.78 is 15.5. The Kier molecular flexibility index (Phi) is 2.96. The number of halogens is 1. The second kappa shape index (κ2) is 4.51. The number of rotatable bonds is 1. The molecule has 1 fully saturated rings. The van der Waals surface area contributed by atoms with Crippen LogP contribution in [0, 0.1) is 17.7 Å². The van der Waals surface area contributed by atoms with Gasteiger partial charge in [-0.3, -0.25) is 0 Å². The monoisotopic (exact) mass is 261 g/mol. The Morgan fingerprint density at radius 3 is 2.84 bits per heavy atom. The Labute approximate surface area is 112 Å². The molecule has 1 heterocycles. The lowest BCUT2D eigenvalue weighted by Crippen LogP contribution is -2.25. The topological polar surface area (TPSA) is 43.8 Å². The van der Waals surface area contributed by atoms with Gasteiger partial charge in [-0.25, -0.2) is 9.37 Å². The number of nitrogen functional groups attached to an aromatic ring is 1. The van der Waals surface area contributed by atoms with Crippen LogP contribution in [-0.4, -0.2) is 9.55 Å². The number of imidazole rings is 1. The van der Waals surface area contributed by atoms with Gasteiger partial charge in [-0.2, -0.15) is 0 Å². The number of nitrogens with two attached hydrogens (primary N) is 1. The van der Waals surface area contributed by atoms with Crippen molar-refractivity contribution in [2.45, 2.75) is 39.2 Å². The molecule has 1 saturated carbocycles. The third-order valence-electron chi connectivity index (χ3n) is 4.40. The Hall–Kier alpha value is -1.58. The van der Waals surface area contributed by atoms with Gasteiger partial charge < -0.3 is 10.3 Å². The predicted octanol–water partition coefficient (Wildman–Crippen LogP) is 3.75. The molecule has 1 aromatic heterocycles. The third kappa shape index (κ3) is 2.09. The van der Waals surface area contributed by atoms with E-state index in [4.69, 9.17) is 5.73 Å². The van der Waals surface area contributed by atoms with Crippen molar-refractivity contribution in [1.82, 2.24) is 9.55 Å². The summed E-state index contributed by atoms with van der Waals surface area (Å²) in [5.41, 5.74) is 7.67. The summed E-state index contributed by atoms with van der Waals surface area (Å²) in [6, 6.07) is 5.02. The van der Waals surface area contributed by atoms with E-state index in [1.165, 1.54) is 18.9 Å². The van der Waals surface area contributed by atoms with Gasteiger partial charge in [0.1, 0.15) is 5.82 Å². The second-order valence-electron chi connectivity index (χ2n) is 5.94. The van der Waals surface area contributed by atoms with Crippen LogP contribution in [0.1, 0.15) is 39.2 Å². The first-order chi connectivity index (χ1) is 9.06. The predicted molar refractivity (Wildman–Crippen MR) is 75.3 cm³/mol. The first kappa shape index (κ1) is 12.5. The molecule has 3 nitrogen and oxygen atoms in total. The number of hydrogen-bond donors (Lipinski definition) is 1. The van der Waals surface area contributed by atoms with Gasteiger partial charge in [0.15, 0.2) is 0 Å². The molecule has 1 aliphatic rings. The highest BCUT2D eigenvalue weighted by molar-refractivity contribution is 5.78.